The Morgan fingerprint density at radius 3 is 2.40 bits per heavy atom. The summed E-state index contributed by atoms with van der Waals surface area (Å²) in [6, 6.07) is 9.79. The number of alkyl halides is 3. The van der Waals surface area contributed by atoms with Crippen molar-refractivity contribution in [2.45, 2.75) is 19.2 Å². The number of hydrogen-bond acceptors (Lipinski definition) is 3. The van der Waals surface area contributed by atoms with Gasteiger partial charge in [0.05, 0.1) is 0 Å². The standard InChI is InChI=1S/C13H10ClF3N2O/c1-8(9-5-3-2-4-6-9)20-11-7-10(13(15,16)17)18-12(14)19-11/h2-8H,1H3. The van der Waals surface area contributed by atoms with E-state index in [4.69, 9.17) is 16.3 Å². The van der Waals surface area contributed by atoms with Gasteiger partial charge in [0.2, 0.25) is 11.2 Å². The van der Waals surface area contributed by atoms with Crippen LogP contribution in [0.2, 0.25) is 5.28 Å². The normalized spacial score (nSPS) is 13.1. The lowest BCUT2D eigenvalue weighted by Crippen LogP contribution is -2.11. The number of hydrogen-bond donors (Lipinski definition) is 0. The Morgan fingerprint density at radius 1 is 1.15 bits per heavy atom. The third-order valence-electron chi connectivity index (χ3n) is 2.53. The van der Waals surface area contributed by atoms with Gasteiger partial charge in [-0.15, -0.1) is 0 Å². The lowest BCUT2D eigenvalue weighted by atomic mass is 10.1. The summed E-state index contributed by atoms with van der Waals surface area (Å²) in [6.07, 6.45) is -5.05. The van der Waals surface area contributed by atoms with Gasteiger partial charge in [0, 0.05) is 6.07 Å². The molecule has 0 bridgehead atoms. The average Bonchev–Trinajstić information content (AvgIpc) is 2.38. The fraction of sp³-hybridized carbons (Fsp3) is 0.231. The molecular formula is C13H10ClF3N2O. The first-order valence-corrected chi connectivity index (χ1v) is 6.07. The van der Waals surface area contributed by atoms with Crippen molar-refractivity contribution >= 4 is 11.6 Å². The maximum Gasteiger partial charge on any atom is 0.433 e. The largest absolute Gasteiger partial charge is 0.470 e. The van der Waals surface area contributed by atoms with Gasteiger partial charge in [-0.3, -0.25) is 0 Å². The van der Waals surface area contributed by atoms with Gasteiger partial charge in [-0.2, -0.15) is 18.2 Å². The van der Waals surface area contributed by atoms with Gasteiger partial charge in [0.1, 0.15) is 6.10 Å². The molecule has 0 aliphatic rings. The zero-order valence-corrected chi connectivity index (χ0v) is 11.1. The lowest BCUT2D eigenvalue weighted by Gasteiger charge is -2.15. The Bertz CT molecular complexity index is 590. The quantitative estimate of drug-likeness (QED) is 0.793. The van der Waals surface area contributed by atoms with E-state index in [1.54, 1.807) is 19.1 Å². The average molecular weight is 303 g/mol. The Hall–Kier alpha value is -1.82. The molecule has 0 spiro atoms. The van der Waals surface area contributed by atoms with E-state index >= 15 is 0 Å². The Balaban J connectivity index is 2.24. The van der Waals surface area contributed by atoms with Crippen LogP contribution in [0.5, 0.6) is 5.88 Å². The van der Waals surface area contributed by atoms with Crippen LogP contribution in [0.15, 0.2) is 36.4 Å². The number of nitrogens with zero attached hydrogens (tertiary/aromatic N) is 2. The molecule has 1 aromatic carbocycles. The zero-order chi connectivity index (χ0) is 14.8. The second kappa shape index (κ2) is 5.66. The second-order valence-corrected chi connectivity index (χ2v) is 4.37. The van der Waals surface area contributed by atoms with Crippen LogP contribution in [0.25, 0.3) is 0 Å². The molecular weight excluding hydrogens is 293 g/mol. The SMILES string of the molecule is CC(Oc1cc(C(F)(F)F)nc(Cl)n1)c1ccccc1. The van der Waals surface area contributed by atoms with Gasteiger partial charge >= 0.3 is 6.18 Å². The minimum Gasteiger partial charge on any atom is -0.470 e. The van der Waals surface area contributed by atoms with E-state index in [0.29, 0.717) is 0 Å². The van der Waals surface area contributed by atoms with Crippen molar-refractivity contribution in [2.75, 3.05) is 0 Å². The van der Waals surface area contributed by atoms with Crippen molar-refractivity contribution in [1.29, 1.82) is 0 Å². The minimum absolute atomic E-state index is 0.214. The van der Waals surface area contributed by atoms with Crippen LogP contribution in [0.4, 0.5) is 13.2 Å². The molecule has 1 atom stereocenters. The predicted octanol–water partition coefficient (Wildman–Crippen LogP) is 4.29. The van der Waals surface area contributed by atoms with Crippen molar-refractivity contribution in [3.8, 4) is 5.88 Å². The smallest absolute Gasteiger partial charge is 0.433 e. The maximum atomic E-state index is 12.6. The van der Waals surface area contributed by atoms with Crippen LogP contribution >= 0.6 is 11.6 Å². The van der Waals surface area contributed by atoms with Crippen LogP contribution in [0.3, 0.4) is 0 Å². The fourth-order valence-corrected chi connectivity index (χ4v) is 1.75. The number of halogens is 4. The molecule has 7 heteroatoms. The Morgan fingerprint density at radius 2 is 1.80 bits per heavy atom. The van der Waals surface area contributed by atoms with E-state index in [9.17, 15) is 13.2 Å². The topological polar surface area (TPSA) is 35.0 Å². The molecule has 2 aromatic rings. The maximum absolute atomic E-state index is 12.6. The van der Waals surface area contributed by atoms with Gasteiger partial charge < -0.3 is 4.74 Å². The van der Waals surface area contributed by atoms with Crippen LogP contribution in [0, 0.1) is 0 Å². The van der Waals surface area contributed by atoms with Gasteiger partial charge in [0.15, 0.2) is 5.69 Å². The summed E-state index contributed by atoms with van der Waals surface area (Å²) in [7, 11) is 0. The molecule has 106 valence electrons. The van der Waals surface area contributed by atoms with Crippen LogP contribution < -0.4 is 4.74 Å². The molecule has 0 amide bonds. The van der Waals surface area contributed by atoms with Crippen LogP contribution in [-0.4, -0.2) is 9.97 Å². The van der Waals surface area contributed by atoms with E-state index in [2.05, 4.69) is 9.97 Å². The highest BCUT2D eigenvalue weighted by molar-refractivity contribution is 6.28. The van der Waals surface area contributed by atoms with E-state index in [-0.39, 0.29) is 5.88 Å². The molecule has 0 saturated carbocycles. The first-order valence-electron chi connectivity index (χ1n) is 5.69. The highest BCUT2D eigenvalue weighted by Crippen LogP contribution is 2.31. The molecule has 0 N–H and O–H groups in total. The first-order chi connectivity index (χ1) is 9.36. The minimum atomic E-state index is -4.60. The summed E-state index contributed by atoms with van der Waals surface area (Å²) in [5, 5.41) is -0.505. The number of aromatic nitrogens is 2. The molecule has 0 aliphatic heterocycles. The van der Waals surface area contributed by atoms with Crippen molar-refractivity contribution in [3.63, 3.8) is 0 Å². The van der Waals surface area contributed by atoms with Crippen LogP contribution in [-0.2, 0) is 6.18 Å². The third kappa shape index (κ3) is 3.60. The second-order valence-electron chi connectivity index (χ2n) is 4.03. The molecule has 1 heterocycles. The molecule has 20 heavy (non-hydrogen) atoms. The van der Waals surface area contributed by atoms with Crippen molar-refractivity contribution < 1.29 is 17.9 Å². The third-order valence-corrected chi connectivity index (χ3v) is 2.70. The summed E-state index contributed by atoms with van der Waals surface area (Å²) in [4.78, 5) is 6.78. The van der Waals surface area contributed by atoms with E-state index < -0.39 is 23.3 Å². The summed E-state index contributed by atoms with van der Waals surface area (Å²) in [5.74, 6) is -0.214. The number of ether oxygens (including phenoxy) is 1. The number of benzene rings is 1. The Labute approximate surface area is 118 Å². The summed E-state index contributed by atoms with van der Waals surface area (Å²) >= 11 is 5.48. The van der Waals surface area contributed by atoms with E-state index in [1.165, 1.54) is 0 Å². The monoisotopic (exact) mass is 302 g/mol. The molecule has 0 saturated heterocycles. The fourth-order valence-electron chi connectivity index (χ4n) is 1.58. The summed E-state index contributed by atoms with van der Waals surface area (Å²) in [5.41, 5.74) is -0.316. The number of rotatable bonds is 3. The predicted molar refractivity (Wildman–Crippen MR) is 67.5 cm³/mol. The zero-order valence-electron chi connectivity index (χ0n) is 10.4. The van der Waals surface area contributed by atoms with E-state index in [1.807, 2.05) is 18.2 Å². The molecule has 0 fully saturated rings. The molecule has 0 radical (unpaired) electrons. The molecule has 3 nitrogen and oxygen atoms in total. The van der Waals surface area contributed by atoms with E-state index in [0.717, 1.165) is 11.6 Å². The van der Waals surface area contributed by atoms with Gasteiger partial charge in [-0.1, -0.05) is 30.3 Å². The summed E-state index contributed by atoms with van der Waals surface area (Å²) in [6.45, 7) is 1.71. The van der Waals surface area contributed by atoms with Crippen molar-refractivity contribution in [2.24, 2.45) is 0 Å². The lowest BCUT2D eigenvalue weighted by molar-refractivity contribution is -0.141. The first kappa shape index (κ1) is 14.6. The Kier molecular flexibility index (Phi) is 4.13. The molecule has 1 aromatic heterocycles. The van der Waals surface area contributed by atoms with Gasteiger partial charge in [-0.25, -0.2) is 4.98 Å². The highest BCUT2D eigenvalue weighted by Gasteiger charge is 2.34. The van der Waals surface area contributed by atoms with Crippen molar-refractivity contribution in [3.05, 3.63) is 52.9 Å². The van der Waals surface area contributed by atoms with Crippen LogP contribution in [0.1, 0.15) is 24.3 Å². The van der Waals surface area contributed by atoms with Gasteiger partial charge in [-0.05, 0) is 24.1 Å². The van der Waals surface area contributed by atoms with Gasteiger partial charge in [0.25, 0.3) is 0 Å². The van der Waals surface area contributed by atoms with Crippen molar-refractivity contribution in [1.82, 2.24) is 9.97 Å². The summed E-state index contributed by atoms with van der Waals surface area (Å²) < 4.78 is 43.2. The molecule has 0 aliphatic carbocycles. The highest BCUT2D eigenvalue weighted by atomic mass is 35.5. The molecule has 2 rings (SSSR count). The molecule has 1 unspecified atom stereocenters.